The number of aliphatic hydroxyl groups is 5. The fourth-order valence-corrected chi connectivity index (χ4v) is 5.60. The number of primary amides is 1. The molecule has 0 heterocycles. The first-order chi connectivity index (χ1) is 15.2. The average Bonchev–Trinajstić information content (AvgIpc) is 2.70. The number of hydrogen-bond acceptors (Lipinski definition) is 10. The lowest BCUT2D eigenvalue weighted by atomic mass is 9.53. The summed E-state index contributed by atoms with van der Waals surface area (Å²) in [7, 11) is 2.80. The molecule has 11 nitrogen and oxygen atoms in total. The maximum absolute atomic E-state index is 13.7. The molecule has 0 bridgehead atoms. The molecular weight excluding hydrogens is 507 g/mol. The molecule has 13 heteroatoms. The molecule has 1 amide bonds. The quantitative estimate of drug-likeness (QED) is 0.242. The molecule has 1 saturated carbocycles. The Kier molecular flexibility index (Phi) is 7.16. The third-order valence-corrected chi connectivity index (χ3v) is 7.03. The molecule has 0 aromatic heterocycles. The van der Waals surface area contributed by atoms with Gasteiger partial charge < -0.3 is 36.4 Å². The topological polar surface area (TPSA) is 202 Å². The minimum absolute atomic E-state index is 0. The van der Waals surface area contributed by atoms with Gasteiger partial charge >= 0.3 is 0 Å². The maximum Gasteiger partial charge on any atom is 0.255 e. The zero-order chi connectivity index (χ0) is 24.8. The number of carbonyl (C=O) groups is 3. The van der Waals surface area contributed by atoms with E-state index in [0.29, 0.717) is 0 Å². The molecule has 1 aromatic carbocycles. The number of halogens is 2. The number of phenolic OH excluding ortho intramolecular Hbond substituents is 1. The normalized spacial score (nSPS) is 33.9. The van der Waals surface area contributed by atoms with E-state index in [1.165, 1.54) is 44.1 Å². The van der Waals surface area contributed by atoms with Crippen molar-refractivity contribution in [3.63, 3.8) is 0 Å². The average molecular weight is 533 g/mol. The second-order valence-electron chi connectivity index (χ2n) is 9.06. The van der Waals surface area contributed by atoms with Crippen molar-refractivity contribution in [2.24, 2.45) is 17.6 Å². The Bertz CT molecular complexity index is 1190. The molecular formula is C22H26Cl2N2O9. The lowest BCUT2D eigenvalue weighted by Crippen LogP contribution is -2.71. The number of rotatable bonds is 2. The summed E-state index contributed by atoms with van der Waals surface area (Å²) in [6, 6.07) is 2.50. The molecule has 192 valence electrons. The van der Waals surface area contributed by atoms with Gasteiger partial charge in [0.15, 0.2) is 11.4 Å². The second kappa shape index (κ2) is 8.77. The molecule has 3 aliphatic rings. The van der Waals surface area contributed by atoms with Crippen molar-refractivity contribution in [3.05, 3.63) is 46.2 Å². The van der Waals surface area contributed by atoms with Gasteiger partial charge in [-0.2, -0.15) is 0 Å². The summed E-state index contributed by atoms with van der Waals surface area (Å²) in [6.45, 7) is 1.25. The summed E-state index contributed by atoms with van der Waals surface area (Å²) in [5.74, 6) is -9.67. The summed E-state index contributed by atoms with van der Waals surface area (Å²) in [6.07, 6.45) is -1.87. The van der Waals surface area contributed by atoms with E-state index in [2.05, 4.69) is 0 Å². The first kappa shape index (κ1) is 28.6. The Morgan fingerprint density at radius 3 is 2.17 bits per heavy atom. The van der Waals surface area contributed by atoms with E-state index in [4.69, 9.17) is 5.73 Å². The molecule has 1 fully saturated rings. The number of nitrogens with two attached hydrogens (primary N) is 1. The van der Waals surface area contributed by atoms with Gasteiger partial charge in [0.1, 0.15) is 22.8 Å². The summed E-state index contributed by atoms with van der Waals surface area (Å²) >= 11 is 0. The molecule has 0 aliphatic heterocycles. The van der Waals surface area contributed by atoms with Crippen molar-refractivity contribution in [1.29, 1.82) is 0 Å². The van der Waals surface area contributed by atoms with E-state index in [1.807, 2.05) is 0 Å². The smallest absolute Gasteiger partial charge is 0.255 e. The summed E-state index contributed by atoms with van der Waals surface area (Å²) in [5.41, 5.74) is -1.78. The van der Waals surface area contributed by atoms with Gasteiger partial charge in [-0.1, -0.05) is 12.1 Å². The third-order valence-electron chi connectivity index (χ3n) is 7.03. The number of nitrogens with zero attached hydrogens (tertiary/aromatic N) is 1. The predicted octanol–water partition coefficient (Wildman–Crippen LogP) is -0.557. The number of likely N-dealkylation sites (N-methyl/N-ethyl adjacent to an activating group) is 1. The molecule has 0 unspecified atom stereocenters. The van der Waals surface area contributed by atoms with E-state index in [0.717, 1.165) is 0 Å². The zero-order valence-corrected chi connectivity index (χ0v) is 20.4. The van der Waals surface area contributed by atoms with Gasteiger partial charge in [0, 0.05) is 0 Å². The Hall–Kier alpha value is -2.67. The van der Waals surface area contributed by atoms with Crippen LogP contribution in [0.3, 0.4) is 0 Å². The molecule has 1 aromatic rings. The van der Waals surface area contributed by atoms with E-state index >= 15 is 0 Å². The molecule has 0 spiro atoms. The molecule has 8 N–H and O–H groups in total. The van der Waals surface area contributed by atoms with E-state index in [9.17, 15) is 45.0 Å². The largest absolute Gasteiger partial charge is 0.508 e. The van der Waals surface area contributed by atoms with Gasteiger partial charge in [0.05, 0.1) is 40.7 Å². The van der Waals surface area contributed by atoms with Crippen molar-refractivity contribution in [2.75, 3.05) is 14.1 Å². The minimum atomic E-state index is -3.02. The predicted molar refractivity (Wildman–Crippen MR) is 126 cm³/mol. The number of ketones is 2. The number of aliphatic hydroxyl groups excluding tert-OH is 3. The highest BCUT2D eigenvalue weighted by Crippen LogP contribution is 2.57. The lowest BCUT2D eigenvalue weighted by Gasteiger charge is -2.55. The van der Waals surface area contributed by atoms with Crippen LogP contribution >= 0.6 is 24.8 Å². The highest BCUT2D eigenvalue weighted by Gasteiger charge is 2.70. The molecule has 4 rings (SSSR count). The lowest BCUT2D eigenvalue weighted by molar-refractivity contribution is -0.181. The van der Waals surface area contributed by atoms with Crippen molar-refractivity contribution in [2.45, 2.75) is 30.3 Å². The fourth-order valence-electron chi connectivity index (χ4n) is 5.60. The Morgan fingerprint density at radius 1 is 1.09 bits per heavy atom. The van der Waals surface area contributed by atoms with Gasteiger partial charge in [-0.15, -0.1) is 24.8 Å². The first-order valence-corrected chi connectivity index (χ1v) is 10.1. The Labute approximate surface area is 212 Å². The van der Waals surface area contributed by atoms with Crippen LogP contribution in [0.4, 0.5) is 0 Å². The number of fused-ring (bicyclic) bond motifs is 3. The van der Waals surface area contributed by atoms with Crippen LogP contribution in [0.1, 0.15) is 18.1 Å². The van der Waals surface area contributed by atoms with Crippen LogP contribution in [-0.4, -0.2) is 84.9 Å². The molecule has 0 radical (unpaired) electrons. The van der Waals surface area contributed by atoms with E-state index in [-0.39, 0.29) is 35.9 Å². The fraction of sp³-hybridized carbons (Fsp3) is 0.409. The number of benzene rings is 1. The van der Waals surface area contributed by atoms with Crippen LogP contribution in [0.15, 0.2) is 35.1 Å². The molecule has 0 saturated heterocycles. The van der Waals surface area contributed by atoms with Crippen molar-refractivity contribution < 1.29 is 45.0 Å². The van der Waals surface area contributed by atoms with Crippen LogP contribution in [0.5, 0.6) is 5.75 Å². The van der Waals surface area contributed by atoms with Crippen LogP contribution in [-0.2, 0) is 20.0 Å². The number of carbonyl (C=O) groups excluding carboxylic acids is 3. The highest BCUT2D eigenvalue weighted by atomic mass is 35.5. The van der Waals surface area contributed by atoms with Crippen molar-refractivity contribution in [1.82, 2.24) is 4.90 Å². The number of Topliss-reactive ketones (excluding diaryl/α,β-unsaturated/α-hetero) is 2. The second-order valence-corrected chi connectivity index (χ2v) is 9.06. The van der Waals surface area contributed by atoms with Gasteiger partial charge in [0.25, 0.3) is 5.91 Å². The van der Waals surface area contributed by atoms with Gasteiger partial charge in [-0.05, 0) is 32.6 Å². The summed E-state index contributed by atoms with van der Waals surface area (Å²) < 4.78 is 0. The molecule has 6 atom stereocenters. The first-order valence-electron chi connectivity index (χ1n) is 10.1. The number of phenols is 1. The van der Waals surface area contributed by atoms with E-state index < -0.39 is 81.1 Å². The Morgan fingerprint density at radius 2 is 1.66 bits per heavy atom. The standard InChI is InChI=1S/C22H24N2O9.2ClH/c1-21(32)7-5-4-6-8(25)9(7)15(26)10-12(21)17(28)13-14(24(2)3)16(27)11(20(23)31)19(30)22(13,33)18(10)29;;/h4-6,12-14,17,25-26,28,30,32-33H,1-3H3,(H2,23,31);2*1H/t12-,13-,14+,17+,21-,22+;;/m1../s1. The highest BCUT2D eigenvalue weighted by molar-refractivity contribution is 6.24. The maximum atomic E-state index is 13.7. The Balaban J connectivity index is 0.00000216. The minimum Gasteiger partial charge on any atom is -0.508 e. The van der Waals surface area contributed by atoms with E-state index in [1.54, 1.807) is 0 Å². The monoisotopic (exact) mass is 532 g/mol. The van der Waals surface area contributed by atoms with Crippen LogP contribution in [0, 0.1) is 11.8 Å². The summed E-state index contributed by atoms with van der Waals surface area (Å²) in [5, 5.41) is 66.3. The molecule has 3 aliphatic carbocycles. The molecule has 35 heavy (non-hydrogen) atoms. The van der Waals surface area contributed by atoms with Crippen molar-refractivity contribution in [3.8, 4) is 5.75 Å². The van der Waals surface area contributed by atoms with Crippen LogP contribution in [0.2, 0.25) is 0 Å². The van der Waals surface area contributed by atoms with Gasteiger partial charge in [-0.25, -0.2) is 0 Å². The van der Waals surface area contributed by atoms with Crippen molar-refractivity contribution >= 4 is 48.0 Å². The van der Waals surface area contributed by atoms with Gasteiger partial charge in [0.2, 0.25) is 5.78 Å². The SMILES string of the molecule is CN(C)[C@@H]1C(=O)C(C(N)=O)=C(O)[C@@]2(O)C(=O)C3=C(O)c4c(O)cccc4[C@@](C)(O)[C@H]3[C@H](O)[C@@H]12.Cl.Cl. The van der Waals surface area contributed by atoms with Crippen LogP contribution < -0.4 is 5.73 Å². The number of aromatic hydroxyl groups is 1. The summed E-state index contributed by atoms with van der Waals surface area (Å²) in [4.78, 5) is 39.9. The van der Waals surface area contributed by atoms with Crippen LogP contribution in [0.25, 0.3) is 5.76 Å². The third kappa shape index (κ3) is 3.38. The number of hydrogen-bond donors (Lipinski definition) is 7. The van der Waals surface area contributed by atoms with Gasteiger partial charge in [-0.3, -0.25) is 19.3 Å². The number of amides is 1. The zero-order valence-electron chi connectivity index (χ0n) is 18.8.